The molecule has 2 aromatic rings. The Bertz CT molecular complexity index is 540. The van der Waals surface area contributed by atoms with E-state index in [4.69, 9.17) is 29.0 Å². The summed E-state index contributed by atoms with van der Waals surface area (Å²) in [7, 11) is 0. The summed E-state index contributed by atoms with van der Waals surface area (Å²) < 4.78 is 0. The number of hydrogen-bond donors (Lipinski definition) is 2. The van der Waals surface area contributed by atoms with Gasteiger partial charge in [0, 0.05) is 11.1 Å². The summed E-state index contributed by atoms with van der Waals surface area (Å²) in [6.07, 6.45) is 0.813. The van der Waals surface area contributed by atoms with Crippen LogP contribution in [0.25, 0.3) is 10.9 Å². The summed E-state index contributed by atoms with van der Waals surface area (Å²) in [6, 6.07) is 5.50. The highest BCUT2D eigenvalue weighted by Crippen LogP contribution is 2.33. The van der Waals surface area contributed by atoms with Gasteiger partial charge in [-0.15, -0.1) is 0 Å². The number of aromatic nitrogens is 1. The Morgan fingerprint density at radius 2 is 2.12 bits per heavy atom. The number of hydrogen-bond acceptors (Lipinski definition) is 3. The van der Waals surface area contributed by atoms with Crippen LogP contribution >= 0.6 is 23.2 Å². The number of aryl methyl sites for hydroxylation is 1. The minimum Gasteiger partial charge on any atom is -0.323 e. The number of benzene rings is 1. The zero-order valence-electron chi connectivity index (χ0n) is 8.72. The molecule has 0 unspecified atom stereocenters. The van der Waals surface area contributed by atoms with E-state index in [-0.39, 0.29) is 0 Å². The molecule has 0 aliphatic heterocycles. The molecular weight excluding hydrogens is 245 g/mol. The van der Waals surface area contributed by atoms with Gasteiger partial charge in [0.15, 0.2) is 0 Å². The molecule has 0 atom stereocenters. The largest absolute Gasteiger partial charge is 0.323 e. The van der Waals surface area contributed by atoms with Gasteiger partial charge in [0.2, 0.25) is 0 Å². The molecule has 0 fully saturated rings. The highest BCUT2D eigenvalue weighted by molar-refractivity contribution is 6.45. The highest BCUT2D eigenvalue weighted by Gasteiger charge is 2.09. The van der Waals surface area contributed by atoms with Gasteiger partial charge < -0.3 is 5.43 Å². The number of rotatable bonds is 2. The van der Waals surface area contributed by atoms with Crippen molar-refractivity contribution in [1.29, 1.82) is 0 Å². The second-order valence-corrected chi connectivity index (χ2v) is 4.20. The lowest BCUT2D eigenvalue weighted by molar-refractivity contribution is 1.06. The normalized spacial score (nSPS) is 10.8. The fourth-order valence-corrected chi connectivity index (χ4v) is 1.95. The molecule has 1 aromatic carbocycles. The van der Waals surface area contributed by atoms with Gasteiger partial charge in [0.1, 0.15) is 0 Å². The van der Waals surface area contributed by atoms with Gasteiger partial charge in [-0.25, -0.2) is 0 Å². The Labute approximate surface area is 104 Å². The van der Waals surface area contributed by atoms with E-state index in [0.717, 1.165) is 23.2 Å². The minimum absolute atomic E-state index is 0.464. The Morgan fingerprint density at radius 3 is 2.75 bits per heavy atom. The van der Waals surface area contributed by atoms with E-state index in [9.17, 15) is 0 Å². The lowest BCUT2D eigenvalue weighted by atomic mass is 10.1. The van der Waals surface area contributed by atoms with Crippen molar-refractivity contribution in [3.05, 3.63) is 33.9 Å². The first kappa shape index (κ1) is 11.5. The maximum atomic E-state index is 6.12. The smallest absolute Gasteiger partial charge is 0.0927 e. The van der Waals surface area contributed by atoms with Crippen molar-refractivity contribution in [1.82, 2.24) is 4.98 Å². The van der Waals surface area contributed by atoms with Crippen LogP contribution in [0.5, 0.6) is 0 Å². The van der Waals surface area contributed by atoms with Crippen LogP contribution < -0.4 is 11.3 Å². The van der Waals surface area contributed by atoms with Crippen molar-refractivity contribution >= 4 is 39.8 Å². The molecule has 2 rings (SSSR count). The first-order valence-corrected chi connectivity index (χ1v) is 5.67. The molecule has 16 heavy (non-hydrogen) atoms. The van der Waals surface area contributed by atoms with Crippen molar-refractivity contribution in [2.24, 2.45) is 5.84 Å². The molecule has 0 saturated heterocycles. The lowest BCUT2D eigenvalue weighted by Crippen LogP contribution is -2.08. The summed E-state index contributed by atoms with van der Waals surface area (Å²) in [5.41, 5.74) is 5.06. The number of hydrazine groups is 1. The molecule has 3 N–H and O–H groups in total. The lowest BCUT2D eigenvalue weighted by Gasteiger charge is -2.09. The third kappa shape index (κ3) is 1.82. The maximum absolute atomic E-state index is 6.12. The van der Waals surface area contributed by atoms with Crippen LogP contribution in [0.4, 0.5) is 5.69 Å². The molecule has 1 heterocycles. The molecule has 1 aromatic heterocycles. The maximum Gasteiger partial charge on any atom is 0.0927 e. The highest BCUT2D eigenvalue weighted by atomic mass is 35.5. The van der Waals surface area contributed by atoms with Gasteiger partial charge in [-0.05, 0) is 24.6 Å². The van der Waals surface area contributed by atoms with Crippen molar-refractivity contribution in [2.45, 2.75) is 13.3 Å². The molecular formula is C11H11Cl2N3. The van der Waals surface area contributed by atoms with Crippen LogP contribution in [0.1, 0.15) is 12.6 Å². The standard InChI is InChI=1S/C11H11Cl2N3/c1-2-6-5-9(16-14)7-3-4-8(12)10(13)11(7)15-6/h3-5H,2,14H2,1H3,(H,15,16). The predicted octanol–water partition coefficient (Wildman–Crippen LogP) is 3.39. The molecule has 0 aliphatic carbocycles. The van der Waals surface area contributed by atoms with Gasteiger partial charge >= 0.3 is 0 Å². The summed E-state index contributed by atoms with van der Waals surface area (Å²) >= 11 is 12.1. The number of halogens is 2. The van der Waals surface area contributed by atoms with Gasteiger partial charge in [0.05, 0.1) is 21.2 Å². The first-order valence-electron chi connectivity index (χ1n) is 4.91. The fourth-order valence-electron chi connectivity index (χ4n) is 1.59. The summed E-state index contributed by atoms with van der Waals surface area (Å²) in [6.45, 7) is 2.02. The predicted molar refractivity (Wildman–Crippen MR) is 69.0 cm³/mol. The van der Waals surface area contributed by atoms with E-state index in [1.54, 1.807) is 6.07 Å². The quantitative estimate of drug-likeness (QED) is 0.639. The Kier molecular flexibility index (Phi) is 3.19. The third-order valence-corrected chi connectivity index (χ3v) is 3.24. The first-order chi connectivity index (χ1) is 7.67. The number of fused-ring (bicyclic) bond motifs is 1. The van der Waals surface area contributed by atoms with E-state index in [1.165, 1.54) is 0 Å². The van der Waals surface area contributed by atoms with Crippen molar-refractivity contribution in [3.63, 3.8) is 0 Å². The number of pyridine rings is 1. The van der Waals surface area contributed by atoms with Crippen LogP contribution in [0, 0.1) is 0 Å². The second kappa shape index (κ2) is 4.45. The van der Waals surface area contributed by atoms with Crippen LogP contribution in [-0.2, 0) is 6.42 Å². The minimum atomic E-state index is 0.464. The monoisotopic (exact) mass is 255 g/mol. The number of nitrogens with two attached hydrogens (primary N) is 1. The topological polar surface area (TPSA) is 50.9 Å². The van der Waals surface area contributed by atoms with Gasteiger partial charge in [-0.3, -0.25) is 10.8 Å². The summed E-state index contributed by atoms with van der Waals surface area (Å²) in [5, 5.41) is 1.83. The van der Waals surface area contributed by atoms with Crippen LogP contribution in [0.2, 0.25) is 10.0 Å². The average molecular weight is 256 g/mol. The number of nitrogen functional groups attached to an aromatic ring is 1. The van der Waals surface area contributed by atoms with Crippen molar-refractivity contribution in [2.75, 3.05) is 5.43 Å². The molecule has 3 nitrogen and oxygen atoms in total. The SMILES string of the molecule is CCc1cc(NN)c2ccc(Cl)c(Cl)c2n1. The van der Waals surface area contributed by atoms with E-state index >= 15 is 0 Å². The van der Waals surface area contributed by atoms with E-state index < -0.39 is 0 Å². The van der Waals surface area contributed by atoms with Crippen molar-refractivity contribution < 1.29 is 0 Å². The van der Waals surface area contributed by atoms with Crippen LogP contribution in [-0.4, -0.2) is 4.98 Å². The molecule has 0 radical (unpaired) electrons. The van der Waals surface area contributed by atoms with Crippen LogP contribution in [0.3, 0.4) is 0 Å². The molecule has 0 aliphatic rings. The number of nitrogens with one attached hydrogen (secondary N) is 1. The van der Waals surface area contributed by atoms with E-state index in [1.807, 2.05) is 19.1 Å². The van der Waals surface area contributed by atoms with Gasteiger partial charge in [0.25, 0.3) is 0 Å². The Hall–Kier alpha value is -1.03. The zero-order chi connectivity index (χ0) is 11.7. The van der Waals surface area contributed by atoms with Crippen LogP contribution in [0.15, 0.2) is 18.2 Å². The number of nitrogens with zero attached hydrogens (tertiary/aromatic N) is 1. The molecule has 84 valence electrons. The van der Waals surface area contributed by atoms with Gasteiger partial charge in [-0.2, -0.15) is 0 Å². The molecule has 5 heteroatoms. The van der Waals surface area contributed by atoms with Crippen molar-refractivity contribution in [3.8, 4) is 0 Å². The fraction of sp³-hybridized carbons (Fsp3) is 0.182. The van der Waals surface area contributed by atoms with E-state index in [2.05, 4.69) is 10.4 Å². The molecule has 0 amide bonds. The van der Waals surface area contributed by atoms with E-state index in [0.29, 0.717) is 15.6 Å². The molecule has 0 spiro atoms. The zero-order valence-corrected chi connectivity index (χ0v) is 10.2. The second-order valence-electron chi connectivity index (χ2n) is 3.42. The summed E-state index contributed by atoms with van der Waals surface area (Å²) in [4.78, 5) is 4.45. The Morgan fingerprint density at radius 1 is 1.38 bits per heavy atom. The van der Waals surface area contributed by atoms with Gasteiger partial charge in [-0.1, -0.05) is 30.1 Å². The molecule has 0 saturated carbocycles. The number of anilines is 1. The third-order valence-electron chi connectivity index (χ3n) is 2.44. The average Bonchev–Trinajstić information content (AvgIpc) is 2.32. The summed E-state index contributed by atoms with van der Waals surface area (Å²) in [5.74, 6) is 5.47. The Balaban J connectivity index is 2.84. The molecule has 0 bridgehead atoms.